The van der Waals surface area contributed by atoms with E-state index in [1.165, 1.54) is 5.56 Å². The molecule has 3 rings (SSSR count). The van der Waals surface area contributed by atoms with Crippen LogP contribution in [0.15, 0.2) is 24.3 Å². The summed E-state index contributed by atoms with van der Waals surface area (Å²) in [6.45, 7) is 3.96. The summed E-state index contributed by atoms with van der Waals surface area (Å²) in [4.78, 5) is 14.2. The maximum Gasteiger partial charge on any atom is 0.323 e. The van der Waals surface area contributed by atoms with Crippen LogP contribution in [-0.2, 0) is 16.0 Å². The molecule has 1 aromatic rings. The van der Waals surface area contributed by atoms with Gasteiger partial charge in [-0.25, -0.2) is 0 Å². The first-order chi connectivity index (χ1) is 10.7. The predicted molar refractivity (Wildman–Crippen MR) is 85.0 cm³/mol. The van der Waals surface area contributed by atoms with Gasteiger partial charge in [-0.1, -0.05) is 18.2 Å². The molecule has 22 heavy (non-hydrogen) atoms. The molecule has 0 amide bonds. The largest absolute Gasteiger partial charge is 0.496 e. The van der Waals surface area contributed by atoms with Crippen LogP contribution in [0, 0.1) is 5.92 Å². The number of hydrogen-bond donors (Lipinski definition) is 0. The second-order valence-electron chi connectivity index (χ2n) is 6.49. The molecule has 0 spiro atoms. The summed E-state index contributed by atoms with van der Waals surface area (Å²) in [6, 6.07) is 8.25. The molecular weight excluding hydrogens is 278 g/mol. The van der Waals surface area contributed by atoms with Crippen molar-refractivity contribution in [2.75, 3.05) is 20.2 Å². The standard InChI is InChI=1S/C18H25NO3/c1-13-11-16(18(20)22-13)19-9-7-14(8-10-19)12-15-5-3-4-6-17(15)21-2/h3-6,13-14,16H,7-12H2,1-2H3/t13-,16-/m1/s1. The smallest absolute Gasteiger partial charge is 0.323 e. The van der Waals surface area contributed by atoms with Crippen molar-refractivity contribution in [1.29, 1.82) is 0 Å². The first-order valence-electron chi connectivity index (χ1n) is 8.24. The van der Waals surface area contributed by atoms with Crippen LogP contribution in [-0.4, -0.2) is 43.2 Å². The summed E-state index contributed by atoms with van der Waals surface area (Å²) in [5.41, 5.74) is 1.29. The Hall–Kier alpha value is -1.55. The molecule has 2 fully saturated rings. The van der Waals surface area contributed by atoms with Gasteiger partial charge < -0.3 is 9.47 Å². The van der Waals surface area contributed by atoms with Crippen LogP contribution in [0.3, 0.4) is 0 Å². The topological polar surface area (TPSA) is 38.8 Å². The highest BCUT2D eigenvalue weighted by molar-refractivity contribution is 5.78. The number of hydrogen-bond acceptors (Lipinski definition) is 4. The van der Waals surface area contributed by atoms with Crippen LogP contribution in [0.5, 0.6) is 5.75 Å². The zero-order chi connectivity index (χ0) is 15.5. The third-order valence-corrected chi connectivity index (χ3v) is 4.94. The first kappa shape index (κ1) is 15.3. The number of likely N-dealkylation sites (tertiary alicyclic amines) is 1. The molecule has 1 aromatic carbocycles. The van der Waals surface area contributed by atoms with Gasteiger partial charge in [-0.2, -0.15) is 0 Å². The maximum atomic E-state index is 11.9. The van der Waals surface area contributed by atoms with Crippen molar-refractivity contribution >= 4 is 5.97 Å². The molecule has 2 heterocycles. The summed E-state index contributed by atoms with van der Waals surface area (Å²) < 4.78 is 10.7. The highest BCUT2D eigenvalue weighted by Crippen LogP contribution is 2.29. The van der Waals surface area contributed by atoms with Gasteiger partial charge in [0.1, 0.15) is 17.9 Å². The third-order valence-electron chi connectivity index (χ3n) is 4.94. The number of esters is 1. The number of methoxy groups -OCH3 is 1. The lowest BCUT2D eigenvalue weighted by atomic mass is 9.89. The quantitative estimate of drug-likeness (QED) is 0.802. The molecule has 4 nitrogen and oxygen atoms in total. The van der Waals surface area contributed by atoms with E-state index in [0.717, 1.165) is 44.5 Å². The molecule has 2 aliphatic rings. The monoisotopic (exact) mass is 303 g/mol. The Labute approximate surface area is 132 Å². The van der Waals surface area contributed by atoms with Crippen molar-refractivity contribution in [2.24, 2.45) is 5.92 Å². The molecule has 0 bridgehead atoms. The van der Waals surface area contributed by atoms with Crippen LogP contribution in [0.25, 0.3) is 0 Å². The van der Waals surface area contributed by atoms with Crippen LogP contribution in [0.1, 0.15) is 31.7 Å². The maximum absolute atomic E-state index is 11.9. The Morgan fingerprint density at radius 2 is 2.00 bits per heavy atom. The van der Waals surface area contributed by atoms with Crippen molar-refractivity contribution in [3.05, 3.63) is 29.8 Å². The number of ether oxygens (including phenoxy) is 2. The molecule has 4 heteroatoms. The molecule has 0 N–H and O–H groups in total. The lowest BCUT2D eigenvalue weighted by Crippen LogP contribution is -2.44. The normalized spacial score (nSPS) is 26.9. The van der Waals surface area contributed by atoms with Crippen LogP contribution < -0.4 is 4.74 Å². The van der Waals surface area contributed by atoms with Crippen molar-refractivity contribution in [3.8, 4) is 5.75 Å². The van der Waals surface area contributed by atoms with E-state index in [0.29, 0.717) is 5.92 Å². The highest BCUT2D eigenvalue weighted by Gasteiger charge is 2.37. The molecule has 2 atom stereocenters. The average Bonchev–Trinajstić information content (AvgIpc) is 2.87. The van der Waals surface area contributed by atoms with Gasteiger partial charge in [0.25, 0.3) is 0 Å². The van der Waals surface area contributed by atoms with Crippen LogP contribution >= 0.6 is 0 Å². The van der Waals surface area contributed by atoms with Crippen molar-refractivity contribution < 1.29 is 14.3 Å². The van der Waals surface area contributed by atoms with Gasteiger partial charge >= 0.3 is 5.97 Å². The second kappa shape index (κ2) is 6.69. The molecular formula is C18H25NO3. The van der Waals surface area contributed by atoms with Gasteiger partial charge in [0.05, 0.1) is 7.11 Å². The fourth-order valence-electron chi connectivity index (χ4n) is 3.69. The van der Waals surface area contributed by atoms with Gasteiger partial charge in [0, 0.05) is 6.42 Å². The minimum absolute atomic E-state index is 0.0118. The van der Waals surface area contributed by atoms with Gasteiger partial charge in [-0.05, 0) is 56.8 Å². The lowest BCUT2D eigenvalue weighted by molar-refractivity contribution is -0.145. The number of carbonyl (C=O) groups excluding carboxylic acids is 1. The summed E-state index contributed by atoms with van der Waals surface area (Å²) in [7, 11) is 1.73. The van der Waals surface area contributed by atoms with Crippen molar-refractivity contribution in [3.63, 3.8) is 0 Å². The number of nitrogens with zero attached hydrogens (tertiary/aromatic N) is 1. The molecule has 0 aromatic heterocycles. The Kier molecular flexibility index (Phi) is 4.67. The Morgan fingerprint density at radius 3 is 2.64 bits per heavy atom. The average molecular weight is 303 g/mol. The number of rotatable bonds is 4. The number of para-hydroxylation sites is 1. The summed E-state index contributed by atoms with van der Waals surface area (Å²) in [6.07, 6.45) is 4.25. The number of piperidine rings is 1. The Bertz CT molecular complexity index is 523. The predicted octanol–water partition coefficient (Wildman–Crippen LogP) is 2.65. The molecule has 0 unspecified atom stereocenters. The first-order valence-corrected chi connectivity index (χ1v) is 8.24. The number of benzene rings is 1. The molecule has 0 aliphatic carbocycles. The molecule has 0 radical (unpaired) electrons. The van der Waals surface area contributed by atoms with Gasteiger partial charge in [0.2, 0.25) is 0 Å². The van der Waals surface area contributed by atoms with E-state index >= 15 is 0 Å². The fraction of sp³-hybridized carbons (Fsp3) is 0.611. The number of carbonyl (C=O) groups is 1. The lowest BCUT2D eigenvalue weighted by Gasteiger charge is -2.34. The molecule has 2 aliphatic heterocycles. The van der Waals surface area contributed by atoms with Gasteiger partial charge in [-0.15, -0.1) is 0 Å². The van der Waals surface area contributed by atoms with E-state index in [1.807, 2.05) is 19.1 Å². The van der Waals surface area contributed by atoms with E-state index in [2.05, 4.69) is 17.0 Å². The second-order valence-corrected chi connectivity index (χ2v) is 6.49. The zero-order valence-electron chi connectivity index (χ0n) is 13.5. The van der Waals surface area contributed by atoms with E-state index in [1.54, 1.807) is 7.11 Å². The van der Waals surface area contributed by atoms with Crippen molar-refractivity contribution in [1.82, 2.24) is 4.90 Å². The molecule has 120 valence electrons. The molecule has 0 saturated carbocycles. The zero-order valence-corrected chi connectivity index (χ0v) is 13.5. The minimum Gasteiger partial charge on any atom is -0.496 e. The third kappa shape index (κ3) is 3.27. The summed E-state index contributed by atoms with van der Waals surface area (Å²) in [5.74, 6) is 1.62. The van der Waals surface area contributed by atoms with Crippen molar-refractivity contribution in [2.45, 2.75) is 44.8 Å². The summed E-state index contributed by atoms with van der Waals surface area (Å²) >= 11 is 0. The van der Waals surface area contributed by atoms with E-state index in [-0.39, 0.29) is 18.1 Å². The van der Waals surface area contributed by atoms with E-state index < -0.39 is 0 Å². The molecule has 2 saturated heterocycles. The minimum atomic E-state index is -0.0318. The number of cyclic esters (lactones) is 1. The van der Waals surface area contributed by atoms with Gasteiger partial charge in [-0.3, -0.25) is 9.69 Å². The fourth-order valence-corrected chi connectivity index (χ4v) is 3.69. The summed E-state index contributed by atoms with van der Waals surface area (Å²) in [5, 5.41) is 0. The Balaban J connectivity index is 1.55. The van der Waals surface area contributed by atoms with Gasteiger partial charge in [0.15, 0.2) is 0 Å². The Morgan fingerprint density at radius 1 is 1.27 bits per heavy atom. The van der Waals surface area contributed by atoms with Crippen LogP contribution in [0.4, 0.5) is 0 Å². The SMILES string of the molecule is COc1ccccc1CC1CCN([C@@H]2C[C@@H](C)OC2=O)CC1. The van der Waals surface area contributed by atoms with E-state index in [4.69, 9.17) is 9.47 Å². The van der Waals surface area contributed by atoms with E-state index in [9.17, 15) is 4.79 Å². The van der Waals surface area contributed by atoms with Crippen LogP contribution in [0.2, 0.25) is 0 Å². The highest BCUT2D eigenvalue weighted by atomic mass is 16.6.